The van der Waals surface area contributed by atoms with E-state index in [1.54, 1.807) is 12.1 Å². The van der Waals surface area contributed by atoms with Crippen LogP contribution in [-0.4, -0.2) is 41.5 Å². The van der Waals surface area contributed by atoms with Gasteiger partial charge in [0, 0.05) is 25.6 Å². The van der Waals surface area contributed by atoms with E-state index >= 15 is 0 Å². The summed E-state index contributed by atoms with van der Waals surface area (Å²) in [5, 5.41) is 9.12. The summed E-state index contributed by atoms with van der Waals surface area (Å²) >= 11 is 0. The molecule has 20 heavy (non-hydrogen) atoms. The summed E-state index contributed by atoms with van der Waals surface area (Å²) in [5.74, 6) is -0.647. The molecule has 112 valence electrons. The number of ketones is 1. The van der Waals surface area contributed by atoms with E-state index in [0.717, 1.165) is 12.8 Å². The normalized spacial score (nSPS) is 11.3. The van der Waals surface area contributed by atoms with Crippen molar-refractivity contribution >= 4 is 5.78 Å². The van der Waals surface area contributed by atoms with Crippen molar-refractivity contribution in [2.24, 2.45) is 0 Å². The van der Waals surface area contributed by atoms with Crippen molar-refractivity contribution in [1.82, 2.24) is 4.90 Å². The van der Waals surface area contributed by atoms with E-state index in [1.807, 2.05) is 0 Å². The minimum absolute atomic E-state index is 0.0738. The largest absolute Gasteiger partial charge is 0.395 e. The minimum Gasteiger partial charge on any atom is -0.395 e. The molecule has 1 aromatic rings. The van der Waals surface area contributed by atoms with Crippen LogP contribution in [0.15, 0.2) is 24.3 Å². The highest BCUT2D eigenvalue weighted by molar-refractivity contribution is 5.96. The monoisotopic (exact) mass is 281 g/mol. The van der Waals surface area contributed by atoms with Crippen molar-refractivity contribution in [3.05, 3.63) is 35.6 Å². The second-order valence-electron chi connectivity index (χ2n) is 4.88. The molecule has 0 atom stereocenters. The smallest absolute Gasteiger partial charge is 0.167 e. The third-order valence-electron chi connectivity index (χ3n) is 3.65. The fourth-order valence-electron chi connectivity index (χ4n) is 2.48. The molecule has 0 saturated heterocycles. The average Bonchev–Trinajstić information content (AvgIpc) is 2.46. The SMILES string of the molecule is CCC(CC)N(CCO)CCC(=O)c1ccccc1F. The molecule has 0 aliphatic carbocycles. The molecule has 0 aliphatic heterocycles. The molecule has 0 spiro atoms. The minimum atomic E-state index is -0.464. The average molecular weight is 281 g/mol. The summed E-state index contributed by atoms with van der Waals surface area (Å²) in [6.45, 7) is 5.37. The maximum atomic E-state index is 13.5. The van der Waals surface area contributed by atoms with E-state index in [2.05, 4.69) is 18.7 Å². The lowest BCUT2D eigenvalue weighted by Gasteiger charge is -2.29. The number of nitrogens with zero attached hydrogens (tertiary/aromatic N) is 1. The van der Waals surface area contributed by atoms with Gasteiger partial charge in [-0.05, 0) is 25.0 Å². The number of halogens is 1. The summed E-state index contributed by atoms with van der Waals surface area (Å²) in [7, 11) is 0. The third-order valence-corrected chi connectivity index (χ3v) is 3.65. The predicted octanol–water partition coefficient (Wildman–Crippen LogP) is 2.88. The zero-order valence-electron chi connectivity index (χ0n) is 12.3. The standard InChI is InChI=1S/C16H24FNO2/c1-3-13(4-2)18(11-12-19)10-9-16(20)14-7-5-6-8-15(14)17/h5-8,13,19H,3-4,9-12H2,1-2H3. The molecule has 1 rings (SSSR count). The first-order valence-corrected chi connectivity index (χ1v) is 7.26. The van der Waals surface area contributed by atoms with Crippen LogP contribution in [0.5, 0.6) is 0 Å². The number of hydrogen-bond acceptors (Lipinski definition) is 3. The Kier molecular flexibility index (Phi) is 7.41. The highest BCUT2D eigenvalue weighted by atomic mass is 19.1. The van der Waals surface area contributed by atoms with E-state index in [1.165, 1.54) is 12.1 Å². The van der Waals surface area contributed by atoms with Gasteiger partial charge in [0.1, 0.15) is 5.82 Å². The Labute approximate surface area is 120 Å². The highest BCUT2D eigenvalue weighted by Crippen LogP contribution is 2.13. The van der Waals surface area contributed by atoms with Crippen molar-refractivity contribution in [3.8, 4) is 0 Å². The molecule has 1 aromatic carbocycles. The van der Waals surface area contributed by atoms with Crippen LogP contribution in [0, 0.1) is 5.82 Å². The molecule has 4 heteroatoms. The molecule has 0 amide bonds. The zero-order chi connectivity index (χ0) is 15.0. The first-order valence-electron chi connectivity index (χ1n) is 7.26. The van der Waals surface area contributed by atoms with Gasteiger partial charge >= 0.3 is 0 Å². The van der Waals surface area contributed by atoms with Crippen molar-refractivity contribution in [2.45, 2.75) is 39.2 Å². The van der Waals surface area contributed by atoms with Crippen LogP contribution in [0.25, 0.3) is 0 Å². The van der Waals surface area contributed by atoms with Crippen LogP contribution in [0.2, 0.25) is 0 Å². The fraction of sp³-hybridized carbons (Fsp3) is 0.562. The van der Waals surface area contributed by atoms with Gasteiger partial charge in [-0.1, -0.05) is 26.0 Å². The lowest BCUT2D eigenvalue weighted by molar-refractivity contribution is 0.0923. The molecular formula is C16H24FNO2. The number of aliphatic hydroxyl groups excluding tert-OH is 1. The topological polar surface area (TPSA) is 40.5 Å². The summed E-state index contributed by atoms with van der Waals surface area (Å²) in [6.07, 6.45) is 2.23. The summed E-state index contributed by atoms with van der Waals surface area (Å²) in [6, 6.07) is 6.43. The number of rotatable bonds is 9. The summed E-state index contributed by atoms with van der Waals surface area (Å²) in [5.41, 5.74) is 0.154. The molecule has 0 aliphatic rings. The molecule has 0 saturated carbocycles. The van der Waals surface area contributed by atoms with Crippen LogP contribution >= 0.6 is 0 Å². The first-order chi connectivity index (χ1) is 9.63. The number of hydrogen-bond donors (Lipinski definition) is 1. The van der Waals surface area contributed by atoms with Crippen LogP contribution < -0.4 is 0 Å². The number of benzene rings is 1. The summed E-state index contributed by atoms with van der Waals surface area (Å²) in [4.78, 5) is 14.2. The van der Waals surface area contributed by atoms with Gasteiger partial charge in [-0.25, -0.2) is 4.39 Å². The Morgan fingerprint density at radius 1 is 1.25 bits per heavy atom. The van der Waals surface area contributed by atoms with E-state index in [-0.39, 0.29) is 24.4 Å². The van der Waals surface area contributed by atoms with E-state index in [9.17, 15) is 9.18 Å². The van der Waals surface area contributed by atoms with Gasteiger partial charge in [0.2, 0.25) is 0 Å². The van der Waals surface area contributed by atoms with Crippen molar-refractivity contribution < 1.29 is 14.3 Å². The van der Waals surface area contributed by atoms with Crippen LogP contribution in [0.4, 0.5) is 4.39 Å². The van der Waals surface area contributed by atoms with Gasteiger partial charge in [-0.3, -0.25) is 9.69 Å². The van der Waals surface area contributed by atoms with Gasteiger partial charge in [-0.2, -0.15) is 0 Å². The van der Waals surface area contributed by atoms with Gasteiger partial charge in [0.25, 0.3) is 0 Å². The van der Waals surface area contributed by atoms with Crippen molar-refractivity contribution in [2.75, 3.05) is 19.7 Å². The maximum Gasteiger partial charge on any atom is 0.167 e. The van der Waals surface area contributed by atoms with Gasteiger partial charge in [-0.15, -0.1) is 0 Å². The van der Waals surface area contributed by atoms with E-state index in [4.69, 9.17) is 5.11 Å². The Balaban J connectivity index is 2.63. The van der Waals surface area contributed by atoms with E-state index in [0.29, 0.717) is 19.1 Å². The lowest BCUT2D eigenvalue weighted by atomic mass is 10.1. The second kappa shape index (κ2) is 8.82. The predicted molar refractivity (Wildman–Crippen MR) is 78.4 cm³/mol. The number of Topliss-reactive ketones (excluding diaryl/α,β-unsaturated/α-hetero) is 1. The Morgan fingerprint density at radius 3 is 2.45 bits per heavy atom. The molecule has 0 aromatic heterocycles. The Bertz CT molecular complexity index is 419. The van der Waals surface area contributed by atoms with Gasteiger partial charge in [0.05, 0.1) is 12.2 Å². The van der Waals surface area contributed by atoms with Crippen LogP contribution in [0.3, 0.4) is 0 Å². The maximum absolute atomic E-state index is 13.5. The zero-order valence-corrected chi connectivity index (χ0v) is 12.3. The molecule has 0 heterocycles. The molecule has 0 fully saturated rings. The molecule has 0 radical (unpaired) electrons. The molecule has 1 N–H and O–H groups in total. The van der Waals surface area contributed by atoms with Crippen LogP contribution in [-0.2, 0) is 0 Å². The molecular weight excluding hydrogens is 257 g/mol. The highest BCUT2D eigenvalue weighted by Gasteiger charge is 2.17. The Morgan fingerprint density at radius 2 is 1.90 bits per heavy atom. The van der Waals surface area contributed by atoms with Gasteiger partial charge in [0.15, 0.2) is 5.78 Å². The molecule has 0 bridgehead atoms. The summed E-state index contributed by atoms with van der Waals surface area (Å²) < 4.78 is 13.5. The number of carbonyl (C=O) groups is 1. The van der Waals surface area contributed by atoms with Crippen molar-refractivity contribution in [3.63, 3.8) is 0 Å². The third kappa shape index (κ3) is 4.69. The second-order valence-corrected chi connectivity index (χ2v) is 4.88. The number of aliphatic hydroxyl groups is 1. The van der Waals surface area contributed by atoms with Gasteiger partial charge < -0.3 is 5.11 Å². The first kappa shape index (κ1) is 16.8. The fourth-order valence-corrected chi connectivity index (χ4v) is 2.48. The molecule has 3 nitrogen and oxygen atoms in total. The van der Waals surface area contributed by atoms with Crippen LogP contribution in [0.1, 0.15) is 43.5 Å². The lowest BCUT2D eigenvalue weighted by Crippen LogP contribution is -2.38. The number of carbonyl (C=O) groups excluding carboxylic acids is 1. The quantitative estimate of drug-likeness (QED) is 0.708. The Hall–Kier alpha value is -1.26. The van der Waals surface area contributed by atoms with Crippen molar-refractivity contribution in [1.29, 1.82) is 0 Å². The molecule has 0 unspecified atom stereocenters. The van der Waals surface area contributed by atoms with E-state index < -0.39 is 5.82 Å².